The minimum absolute atomic E-state index is 0.522. The third kappa shape index (κ3) is 6.70. The maximum Gasteiger partial charge on any atom is 0.219 e. The number of rotatable bonds is 5. The van der Waals surface area contributed by atoms with Crippen LogP contribution < -0.4 is 0 Å². The summed E-state index contributed by atoms with van der Waals surface area (Å²) in [5.74, 6) is 0. The van der Waals surface area contributed by atoms with Gasteiger partial charge in [0.25, 0.3) is 0 Å². The van der Waals surface area contributed by atoms with Gasteiger partial charge in [-0.15, -0.1) is 0 Å². The van der Waals surface area contributed by atoms with E-state index in [-0.39, 0.29) is 0 Å². The molecule has 0 aliphatic heterocycles. The van der Waals surface area contributed by atoms with E-state index in [1.165, 1.54) is 10.8 Å². The highest BCUT2D eigenvalue weighted by Gasteiger charge is 1.96. The first-order chi connectivity index (χ1) is 4.31. The summed E-state index contributed by atoms with van der Waals surface area (Å²) >= 11 is 1.65. The van der Waals surface area contributed by atoms with Crippen molar-refractivity contribution in [1.29, 1.82) is 0 Å². The number of hydrogen-bond donors (Lipinski definition) is 0. The summed E-state index contributed by atoms with van der Waals surface area (Å²) in [7, 11) is 0.190. The molecule has 0 aromatic heterocycles. The minimum atomic E-state index is -1.12. The van der Waals surface area contributed by atoms with Crippen LogP contribution >= 0.6 is 22.6 Å². The molecule has 0 bridgehead atoms. The maximum atomic E-state index is 10.6. The molecule has 0 radical (unpaired) electrons. The van der Waals surface area contributed by atoms with E-state index < -0.39 is 10.1 Å². The molecule has 1 unspecified atom stereocenters. The first-order valence-electron chi connectivity index (χ1n) is 2.48. The molecule has 0 saturated heterocycles. The average Bonchev–Trinajstić information content (AvgIpc) is 1.85. The van der Waals surface area contributed by atoms with Gasteiger partial charge in [-0.3, -0.25) is 4.18 Å². The van der Waals surface area contributed by atoms with Crippen molar-refractivity contribution in [3.63, 3.8) is 0 Å². The van der Waals surface area contributed by atoms with Crippen LogP contribution in [-0.4, -0.2) is 22.2 Å². The van der Waals surface area contributed by atoms with Crippen LogP contribution in [0.4, 0.5) is 0 Å². The lowest BCUT2D eigenvalue weighted by atomic mass is 10.9. The molecule has 0 amide bonds. The number of thioether (sulfide) groups is 1. The van der Waals surface area contributed by atoms with Crippen LogP contribution in [0, 0.1) is 0 Å². The Kier molecular flexibility index (Phi) is 7.55. The number of hydrogen-bond acceptors (Lipinski definition) is 4. The third-order valence-corrected chi connectivity index (χ3v) is 4.16. The molecule has 0 aromatic rings. The van der Waals surface area contributed by atoms with E-state index in [9.17, 15) is 4.21 Å². The molecule has 0 aliphatic carbocycles. The van der Waals surface area contributed by atoms with Gasteiger partial charge >= 0.3 is 0 Å². The zero-order chi connectivity index (χ0) is 7.11. The lowest BCUT2D eigenvalue weighted by Gasteiger charge is -1.95. The second-order valence-corrected chi connectivity index (χ2v) is 5.06. The molecule has 2 nitrogen and oxygen atoms in total. The highest BCUT2D eigenvalue weighted by molar-refractivity contribution is 8.69. The van der Waals surface area contributed by atoms with Gasteiger partial charge in [0.1, 0.15) is 0 Å². The fourth-order valence-electron chi connectivity index (χ4n) is 0.218. The summed E-state index contributed by atoms with van der Waals surface area (Å²) in [4.78, 5) is 0. The second-order valence-electron chi connectivity index (χ2n) is 1.14. The van der Waals surface area contributed by atoms with E-state index in [0.29, 0.717) is 6.61 Å². The van der Waals surface area contributed by atoms with E-state index in [1.54, 1.807) is 11.8 Å². The molecular formula is C4H10O2S3. The van der Waals surface area contributed by atoms with Gasteiger partial charge < -0.3 is 0 Å². The van der Waals surface area contributed by atoms with Gasteiger partial charge in [-0.05, 0) is 24.0 Å². The molecule has 0 aromatic carbocycles. The van der Waals surface area contributed by atoms with Crippen molar-refractivity contribution in [2.75, 3.05) is 17.9 Å². The predicted octanol–water partition coefficient (Wildman–Crippen LogP) is 1.66. The van der Waals surface area contributed by atoms with Crippen molar-refractivity contribution in [3.8, 4) is 0 Å². The van der Waals surface area contributed by atoms with Gasteiger partial charge in [-0.25, -0.2) is 4.21 Å². The Hall–Kier alpha value is 0.810. The predicted molar refractivity (Wildman–Crippen MR) is 45.7 cm³/mol. The summed E-state index contributed by atoms with van der Waals surface area (Å²) < 4.78 is 15.4. The second kappa shape index (κ2) is 6.92. The summed E-state index contributed by atoms with van der Waals surface area (Å²) in [6.45, 7) is 2.35. The summed E-state index contributed by atoms with van der Waals surface area (Å²) in [5, 5.41) is 0.826. The van der Waals surface area contributed by atoms with Crippen LogP contribution in [0.1, 0.15) is 6.92 Å². The third-order valence-electron chi connectivity index (χ3n) is 0.476. The summed E-state index contributed by atoms with van der Waals surface area (Å²) in [5.41, 5.74) is 0. The quantitative estimate of drug-likeness (QED) is 0.482. The van der Waals surface area contributed by atoms with Crippen LogP contribution in [0.15, 0.2) is 0 Å². The van der Waals surface area contributed by atoms with Crippen LogP contribution in [-0.2, 0) is 14.3 Å². The van der Waals surface area contributed by atoms with Crippen LogP contribution in [0.25, 0.3) is 0 Å². The van der Waals surface area contributed by atoms with Gasteiger partial charge in [0.2, 0.25) is 10.1 Å². The van der Waals surface area contributed by atoms with Crippen molar-refractivity contribution in [3.05, 3.63) is 0 Å². The van der Waals surface area contributed by atoms with E-state index in [0.717, 1.165) is 5.08 Å². The van der Waals surface area contributed by atoms with E-state index in [2.05, 4.69) is 0 Å². The van der Waals surface area contributed by atoms with Crippen molar-refractivity contribution in [2.45, 2.75) is 6.92 Å². The van der Waals surface area contributed by atoms with Crippen molar-refractivity contribution >= 4 is 32.7 Å². The molecule has 1 atom stereocenters. The standard InChI is InChI=1S/C4H10O2S3/c1-3-6-9(5)8-4-7-2/h3-4H2,1-2H3. The maximum absolute atomic E-state index is 10.6. The smallest absolute Gasteiger partial charge is 0.219 e. The monoisotopic (exact) mass is 186 g/mol. The Balaban J connectivity index is 3.06. The van der Waals surface area contributed by atoms with Crippen LogP contribution in [0.2, 0.25) is 0 Å². The minimum Gasteiger partial charge on any atom is -0.282 e. The highest BCUT2D eigenvalue weighted by atomic mass is 33.1. The summed E-state index contributed by atoms with van der Waals surface area (Å²) in [6.07, 6.45) is 1.97. The molecule has 9 heavy (non-hydrogen) atoms. The Morgan fingerprint density at radius 3 is 2.78 bits per heavy atom. The molecule has 0 spiro atoms. The molecule has 5 heteroatoms. The molecule has 0 aliphatic rings. The van der Waals surface area contributed by atoms with Gasteiger partial charge in [-0.2, -0.15) is 11.8 Å². The fourth-order valence-corrected chi connectivity index (χ4v) is 3.24. The Bertz CT molecular complexity index is 85.9. The lowest BCUT2D eigenvalue weighted by Crippen LogP contribution is -1.90. The first-order valence-corrected chi connectivity index (χ1v) is 6.45. The molecule has 0 saturated carbocycles. The normalized spacial score (nSPS) is 13.6. The zero-order valence-electron chi connectivity index (χ0n) is 5.46. The van der Waals surface area contributed by atoms with Crippen LogP contribution in [0.3, 0.4) is 0 Å². The Labute approximate surface area is 66.2 Å². The topological polar surface area (TPSA) is 26.3 Å². The van der Waals surface area contributed by atoms with E-state index >= 15 is 0 Å². The lowest BCUT2D eigenvalue weighted by molar-refractivity contribution is 0.381. The molecule has 0 heterocycles. The van der Waals surface area contributed by atoms with Gasteiger partial charge in [0.15, 0.2) is 0 Å². The van der Waals surface area contributed by atoms with E-state index in [1.807, 2.05) is 13.2 Å². The van der Waals surface area contributed by atoms with Gasteiger partial charge in [0, 0.05) is 0 Å². The molecule has 0 fully saturated rings. The molecule has 56 valence electrons. The Morgan fingerprint density at radius 2 is 2.33 bits per heavy atom. The molecule has 0 N–H and O–H groups in total. The zero-order valence-corrected chi connectivity index (χ0v) is 7.90. The van der Waals surface area contributed by atoms with E-state index in [4.69, 9.17) is 4.18 Å². The van der Waals surface area contributed by atoms with Gasteiger partial charge in [-0.1, -0.05) is 0 Å². The average molecular weight is 186 g/mol. The largest absolute Gasteiger partial charge is 0.282 e. The summed E-state index contributed by atoms with van der Waals surface area (Å²) in [6, 6.07) is 0. The fraction of sp³-hybridized carbons (Fsp3) is 1.00. The SMILES string of the molecule is CCOS(=O)SCSC. The van der Waals surface area contributed by atoms with Crippen LogP contribution in [0.5, 0.6) is 0 Å². The molecular weight excluding hydrogens is 176 g/mol. The van der Waals surface area contributed by atoms with Crippen molar-refractivity contribution in [1.82, 2.24) is 0 Å². The molecule has 0 rings (SSSR count). The highest BCUT2D eigenvalue weighted by Crippen LogP contribution is 2.13. The van der Waals surface area contributed by atoms with Crippen molar-refractivity contribution in [2.24, 2.45) is 0 Å². The first kappa shape index (κ1) is 9.81. The van der Waals surface area contributed by atoms with Crippen molar-refractivity contribution < 1.29 is 8.39 Å². The van der Waals surface area contributed by atoms with Gasteiger partial charge in [0.05, 0.1) is 11.7 Å². The Morgan fingerprint density at radius 1 is 1.67 bits per heavy atom.